The van der Waals surface area contributed by atoms with Gasteiger partial charge < -0.3 is 19.3 Å². The maximum absolute atomic E-state index is 12.5. The molecule has 1 aromatic rings. The Morgan fingerprint density at radius 1 is 0.870 bits per heavy atom. The molecule has 0 bridgehead atoms. The first-order valence-corrected chi connectivity index (χ1v) is 8.23. The third-order valence-corrected chi connectivity index (χ3v) is 4.26. The van der Waals surface area contributed by atoms with E-state index >= 15 is 0 Å². The molecule has 3 rings (SSSR count). The van der Waals surface area contributed by atoms with Crippen molar-refractivity contribution in [3.8, 4) is 0 Å². The quantitative estimate of drug-likeness (QED) is 0.790. The standard InChI is InChI=1S/C18H24N2O3/c1-15(21)17(19-7-11-22-12-8-19)18(16-5-3-2-4-6-16)20-9-13-23-14-10-20/h2-6H,7-14H2,1H3/b18-17+. The van der Waals surface area contributed by atoms with E-state index in [2.05, 4.69) is 21.9 Å². The Labute approximate surface area is 137 Å². The summed E-state index contributed by atoms with van der Waals surface area (Å²) >= 11 is 0. The Balaban J connectivity index is 2.06. The van der Waals surface area contributed by atoms with Gasteiger partial charge >= 0.3 is 0 Å². The van der Waals surface area contributed by atoms with E-state index in [1.165, 1.54) is 0 Å². The third kappa shape index (κ3) is 3.74. The minimum Gasteiger partial charge on any atom is -0.378 e. The van der Waals surface area contributed by atoms with Gasteiger partial charge in [-0.25, -0.2) is 0 Å². The zero-order chi connectivity index (χ0) is 16.1. The smallest absolute Gasteiger partial charge is 0.177 e. The van der Waals surface area contributed by atoms with Crippen molar-refractivity contribution in [3.63, 3.8) is 0 Å². The van der Waals surface area contributed by atoms with Crippen LogP contribution in [0.3, 0.4) is 0 Å². The molecule has 5 heteroatoms. The molecule has 0 unspecified atom stereocenters. The fourth-order valence-electron chi connectivity index (χ4n) is 3.18. The molecule has 0 N–H and O–H groups in total. The highest BCUT2D eigenvalue weighted by Gasteiger charge is 2.26. The van der Waals surface area contributed by atoms with Crippen LogP contribution in [-0.4, -0.2) is 68.2 Å². The van der Waals surface area contributed by atoms with E-state index in [0.29, 0.717) is 26.4 Å². The maximum atomic E-state index is 12.5. The van der Waals surface area contributed by atoms with Gasteiger partial charge in [0.25, 0.3) is 0 Å². The molecule has 0 aliphatic carbocycles. The number of hydrogen-bond donors (Lipinski definition) is 0. The van der Waals surface area contributed by atoms with E-state index in [0.717, 1.165) is 43.1 Å². The number of allylic oxidation sites excluding steroid dienone is 1. The summed E-state index contributed by atoms with van der Waals surface area (Å²) in [7, 11) is 0. The van der Waals surface area contributed by atoms with Crippen LogP contribution < -0.4 is 0 Å². The number of benzene rings is 1. The molecule has 0 aromatic heterocycles. The molecule has 0 radical (unpaired) electrons. The Hall–Kier alpha value is -1.85. The SMILES string of the molecule is CC(=O)/C(=C(/c1ccccc1)N1CCOCC1)N1CCOCC1. The van der Waals surface area contributed by atoms with Crippen molar-refractivity contribution in [2.75, 3.05) is 52.6 Å². The molecule has 2 aliphatic heterocycles. The van der Waals surface area contributed by atoms with Gasteiger partial charge in [0.05, 0.1) is 32.1 Å². The normalized spacial score (nSPS) is 20.2. The highest BCUT2D eigenvalue weighted by atomic mass is 16.5. The highest BCUT2D eigenvalue weighted by molar-refractivity contribution is 6.00. The molecule has 5 nitrogen and oxygen atoms in total. The van der Waals surface area contributed by atoms with Crippen LogP contribution in [0.2, 0.25) is 0 Å². The molecule has 0 amide bonds. The fraction of sp³-hybridized carbons (Fsp3) is 0.500. The van der Waals surface area contributed by atoms with Crippen LogP contribution >= 0.6 is 0 Å². The van der Waals surface area contributed by atoms with E-state index in [1.807, 2.05) is 18.2 Å². The van der Waals surface area contributed by atoms with Crippen LogP contribution in [0, 0.1) is 0 Å². The average Bonchev–Trinajstić information content (AvgIpc) is 2.61. The number of carbonyl (C=O) groups is 1. The maximum Gasteiger partial charge on any atom is 0.177 e. The first-order chi connectivity index (χ1) is 11.3. The van der Waals surface area contributed by atoms with Crippen LogP contribution in [0.4, 0.5) is 0 Å². The predicted molar refractivity (Wildman–Crippen MR) is 88.8 cm³/mol. The largest absolute Gasteiger partial charge is 0.378 e. The minimum absolute atomic E-state index is 0.109. The predicted octanol–water partition coefficient (Wildman–Crippen LogP) is 1.61. The molecular formula is C18H24N2O3. The molecule has 124 valence electrons. The van der Waals surface area contributed by atoms with E-state index in [-0.39, 0.29) is 5.78 Å². The molecule has 2 fully saturated rings. The second-order valence-corrected chi connectivity index (χ2v) is 5.82. The lowest BCUT2D eigenvalue weighted by Crippen LogP contribution is -2.42. The van der Waals surface area contributed by atoms with Gasteiger partial charge in [0, 0.05) is 38.7 Å². The van der Waals surface area contributed by atoms with Crippen molar-refractivity contribution < 1.29 is 14.3 Å². The van der Waals surface area contributed by atoms with Gasteiger partial charge in [0.2, 0.25) is 0 Å². The van der Waals surface area contributed by atoms with E-state index in [4.69, 9.17) is 9.47 Å². The zero-order valence-electron chi connectivity index (χ0n) is 13.7. The van der Waals surface area contributed by atoms with Gasteiger partial charge in [-0.05, 0) is 0 Å². The van der Waals surface area contributed by atoms with Crippen LogP contribution in [0.15, 0.2) is 36.0 Å². The molecular weight excluding hydrogens is 292 g/mol. The topological polar surface area (TPSA) is 42.0 Å². The van der Waals surface area contributed by atoms with Gasteiger partial charge in [-0.1, -0.05) is 30.3 Å². The number of carbonyl (C=O) groups excluding carboxylic acids is 1. The number of Topliss-reactive ketones (excluding diaryl/α,β-unsaturated/α-hetero) is 1. The van der Waals surface area contributed by atoms with Crippen molar-refractivity contribution in [2.45, 2.75) is 6.92 Å². The lowest BCUT2D eigenvalue weighted by atomic mass is 10.0. The Kier molecular flexibility index (Phi) is 5.31. The summed E-state index contributed by atoms with van der Waals surface area (Å²) in [5.41, 5.74) is 2.93. The summed E-state index contributed by atoms with van der Waals surface area (Å²) in [6, 6.07) is 10.2. The first kappa shape index (κ1) is 16.0. The molecule has 2 heterocycles. The van der Waals surface area contributed by atoms with E-state index in [9.17, 15) is 4.79 Å². The summed E-state index contributed by atoms with van der Waals surface area (Å²) in [5.74, 6) is 0.109. The van der Waals surface area contributed by atoms with Gasteiger partial charge in [0.1, 0.15) is 5.70 Å². The Morgan fingerprint density at radius 2 is 1.39 bits per heavy atom. The lowest BCUT2D eigenvalue weighted by Gasteiger charge is -2.37. The Morgan fingerprint density at radius 3 is 1.91 bits per heavy atom. The summed E-state index contributed by atoms with van der Waals surface area (Å²) < 4.78 is 10.9. The summed E-state index contributed by atoms with van der Waals surface area (Å²) in [6.45, 7) is 7.54. The third-order valence-electron chi connectivity index (χ3n) is 4.26. The van der Waals surface area contributed by atoms with Crippen molar-refractivity contribution in [1.29, 1.82) is 0 Å². The molecule has 2 aliphatic rings. The van der Waals surface area contributed by atoms with Crippen LogP contribution in [0.25, 0.3) is 5.70 Å². The molecule has 2 saturated heterocycles. The van der Waals surface area contributed by atoms with Crippen molar-refractivity contribution in [2.24, 2.45) is 0 Å². The average molecular weight is 316 g/mol. The second-order valence-electron chi connectivity index (χ2n) is 5.82. The first-order valence-electron chi connectivity index (χ1n) is 8.23. The summed E-state index contributed by atoms with van der Waals surface area (Å²) in [4.78, 5) is 17.0. The molecule has 23 heavy (non-hydrogen) atoms. The minimum atomic E-state index is 0.109. The molecule has 0 saturated carbocycles. The number of ketones is 1. The van der Waals surface area contributed by atoms with Crippen molar-refractivity contribution in [1.82, 2.24) is 9.80 Å². The molecule has 0 spiro atoms. The number of nitrogens with zero attached hydrogens (tertiary/aromatic N) is 2. The summed E-state index contributed by atoms with van der Waals surface area (Å²) in [5, 5.41) is 0. The highest BCUT2D eigenvalue weighted by Crippen LogP contribution is 2.27. The number of morpholine rings is 2. The van der Waals surface area contributed by atoms with E-state index < -0.39 is 0 Å². The Bertz CT molecular complexity index is 559. The van der Waals surface area contributed by atoms with Gasteiger partial charge in [-0.3, -0.25) is 4.79 Å². The number of hydrogen-bond acceptors (Lipinski definition) is 5. The van der Waals surface area contributed by atoms with Gasteiger partial charge in [-0.15, -0.1) is 0 Å². The van der Waals surface area contributed by atoms with Crippen LogP contribution in [-0.2, 0) is 14.3 Å². The van der Waals surface area contributed by atoms with Gasteiger partial charge in [0.15, 0.2) is 5.78 Å². The second kappa shape index (κ2) is 7.62. The van der Waals surface area contributed by atoms with E-state index in [1.54, 1.807) is 6.92 Å². The number of rotatable bonds is 4. The number of ether oxygens (including phenoxy) is 2. The monoisotopic (exact) mass is 316 g/mol. The van der Waals surface area contributed by atoms with Crippen LogP contribution in [0.1, 0.15) is 12.5 Å². The van der Waals surface area contributed by atoms with Gasteiger partial charge in [-0.2, -0.15) is 0 Å². The summed E-state index contributed by atoms with van der Waals surface area (Å²) in [6.07, 6.45) is 0. The van der Waals surface area contributed by atoms with Crippen molar-refractivity contribution >= 4 is 11.5 Å². The van der Waals surface area contributed by atoms with Crippen molar-refractivity contribution in [3.05, 3.63) is 41.6 Å². The lowest BCUT2D eigenvalue weighted by molar-refractivity contribution is -0.115. The fourth-order valence-corrected chi connectivity index (χ4v) is 3.18. The molecule has 0 atom stereocenters. The zero-order valence-corrected chi connectivity index (χ0v) is 13.7. The van der Waals surface area contributed by atoms with Crippen LogP contribution in [0.5, 0.6) is 0 Å². The molecule has 1 aromatic carbocycles.